The summed E-state index contributed by atoms with van der Waals surface area (Å²) >= 11 is 0. The normalized spacial score (nSPS) is 13.5. The predicted octanol–water partition coefficient (Wildman–Crippen LogP) is 0.814. The van der Waals surface area contributed by atoms with Crippen LogP contribution >= 0.6 is 0 Å². The van der Waals surface area contributed by atoms with Gasteiger partial charge in [-0.2, -0.15) is 0 Å². The Labute approximate surface area is 91.0 Å². The number of rotatable bonds is 7. The fourth-order valence-corrected chi connectivity index (χ4v) is 2.62. The van der Waals surface area contributed by atoms with Gasteiger partial charge in [0.15, 0.2) is 5.53 Å². The molecule has 0 aromatic rings. The van der Waals surface area contributed by atoms with Gasteiger partial charge in [0.05, 0.1) is 10.2 Å². The molecule has 3 nitrogen and oxygen atoms in total. The molecule has 0 aromatic carbocycles. The van der Waals surface area contributed by atoms with E-state index in [9.17, 15) is 0 Å². The minimum atomic E-state index is -0.525. The minimum Gasteiger partial charge on any atom is -0.342 e. The Bertz CT molecular complexity index is 156. The lowest BCUT2D eigenvalue weighted by Crippen LogP contribution is -2.59. The van der Waals surface area contributed by atoms with Gasteiger partial charge in [-0.15, -0.1) is 0 Å². The molecule has 4 heteroatoms. The van der Waals surface area contributed by atoms with Crippen LogP contribution in [-0.4, -0.2) is 34.5 Å². The van der Waals surface area contributed by atoms with E-state index in [1.54, 1.807) is 0 Å². The molecule has 0 fully saturated rings. The topological polar surface area (TPSA) is 30.5 Å². The van der Waals surface area contributed by atoms with Crippen LogP contribution in [0.3, 0.4) is 0 Å². The Hall–Kier alpha value is 0.0969. The van der Waals surface area contributed by atoms with E-state index >= 15 is 0 Å². The quantitative estimate of drug-likeness (QED) is 0.508. The van der Waals surface area contributed by atoms with Crippen molar-refractivity contribution >= 4 is 10.2 Å². The number of hydrogen-bond donors (Lipinski definition) is 1. The maximum absolute atomic E-state index is 5.64. The first-order chi connectivity index (χ1) is 6.39. The van der Waals surface area contributed by atoms with Crippen LogP contribution in [0.4, 0.5) is 0 Å². The van der Waals surface area contributed by atoms with Gasteiger partial charge in [-0.25, -0.2) is 0 Å². The molecule has 0 aliphatic heterocycles. The second-order valence-electron chi connectivity index (χ2n) is 4.17. The van der Waals surface area contributed by atoms with Gasteiger partial charge in [0.1, 0.15) is 0 Å². The van der Waals surface area contributed by atoms with Crippen LogP contribution in [0.5, 0.6) is 0 Å². The van der Waals surface area contributed by atoms with Gasteiger partial charge in [-0.05, 0) is 34.1 Å². The minimum absolute atomic E-state index is 0.0616. The molecule has 0 spiro atoms. The number of hydrogen-bond acceptors (Lipinski definition) is 3. The van der Waals surface area contributed by atoms with Crippen LogP contribution in [-0.2, 0) is 9.47 Å². The third kappa shape index (κ3) is 5.10. The Balaban J connectivity index is 4.34. The van der Waals surface area contributed by atoms with Crippen LogP contribution in [0.25, 0.3) is 0 Å². The third-order valence-corrected chi connectivity index (χ3v) is 3.12. The molecular weight excluding hydrogens is 194 g/mol. The van der Waals surface area contributed by atoms with Crippen LogP contribution in [0.1, 0.15) is 41.0 Å². The van der Waals surface area contributed by atoms with Crippen LogP contribution in [0.15, 0.2) is 0 Å². The van der Waals surface area contributed by atoms with Crippen LogP contribution < -0.4 is 5.32 Å². The molecule has 86 valence electrons. The lowest BCUT2D eigenvalue weighted by molar-refractivity contribution is -0.203. The summed E-state index contributed by atoms with van der Waals surface area (Å²) in [4.78, 5) is 0. The summed E-state index contributed by atoms with van der Waals surface area (Å²) in [6.07, 6.45) is 1.05. The highest BCUT2D eigenvalue weighted by Gasteiger charge is 2.30. The van der Waals surface area contributed by atoms with Gasteiger partial charge in [0.25, 0.3) is 0 Å². The summed E-state index contributed by atoms with van der Waals surface area (Å²) in [5.74, 6) is 0. The number of ether oxygens (including phenoxy) is 2. The second-order valence-corrected chi connectivity index (χ2v) is 5.49. The van der Waals surface area contributed by atoms with Crippen LogP contribution in [0, 0.1) is 0 Å². The van der Waals surface area contributed by atoms with Crippen molar-refractivity contribution in [3.8, 4) is 0 Å². The summed E-state index contributed by atoms with van der Waals surface area (Å²) in [5, 5.41) is 3.44. The van der Waals surface area contributed by atoms with E-state index in [1.165, 1.54) is 0 Å². The maximum atomic E-state index is 5.64. The molecule has 0 atom stereocenters. The molecule has 0 radical (unpaired) electrons. The highest BCUT2D eigenvalue weighted by molar-refractivity contribution is 6.13. The van der Waals surface area contributed by atoms with E-state index in [0.717, 1.165) is 16.7 Å². The summed E-state index contributed by atoms with van der Waals surface area (Å²) < 4.78 is 11.3. The average Bonchev–Trinajstić information content (AvgIpc) is 2.03. The molecule has 0 bridgehead atoms. The highest BCUT2D eigenvalue weighted by atomic mass is 28.1. The zero-order valence-electron chi connectivity index (χ0n) is 10.4. The molecule has 0 saturated carbocycles. The Morgan fingerprint density at radius 3 is 1.79 bits per heavy atom. The zero-order valence-corrected chi connectivity index (χ0v) is 12.4. The molecule has 0 aliphatic rings. The van der Waals surface area contributed by atoms with Crippen molar-refractivity contribution in [2.75, 3.05) is 13.2 Å². The molecule has 0 amide bonds. The fourth-order valence-electron chi connectivity index (χ4n) is 1.37. The van der Waals surface area contributed by atoms with Gasteiger partial charge in [-0.1, -0.05) is 6.92 Å². The van der Waals surface area contributed by atoms with E-state index in [0.29, 0.717) is 13.2 Å². The summed E-state index contributed by atoms with van der Waals surface area (Å²) in [5.41, 5.74) is -0.463. The standard InChI is InChI=1S/C10H25NO2Si/c1-6-9(4,5)11-10(14,12-7-2)13-8-3/h11H,6-8H2,1-5,14H3. The highest BCUT2D eigenvalue weighted by Crippen LogP contribution is 2.14. The molecular formula is C10H25NO2Si. The summed E-state index contributed by atoms with van der Waals surface area (Å²) in [6.45, 7) is 11.8. The van der Waals surface area contributed by atoms with Crippen molar-refractivity contribution in [1.82, 2.24) is 5.32 Å². The Kier molecular flexibility index (Phi) is 5.89. The van der Waals surface area contributed by atoms with E-state index < -0.39 is 5.53 Å². The van der Waals surface area contributed by atoms with Crippen molar-refractivity contribution < 1.29 is 9.47 Å². The van der Waals surface area contributed by atoms with Gasteiger partial charge >= 0.3 is 0 Å². The zero-order chi connectivity index (χ0) is 11.2. The first-order valence-electron chi connectivity index (χ1n) is 5.46. The van der Waals surface area contributed by atoms with E-state index in [2.05, 4.69) is 26.1 Å². The van der Waals surface area contributed by atoms with Crippen molar-refractivity contribution in [2.24, 2.45) is 0 Å². The van der Waals surface area contributed by atoms with Gasteiger partial charge in [0, 0.05) is 18.8 Å². The summed E-state index contributed by atoms with van der Waals surface area (Å²) in [7, 11) is 0.818. The summed E-state index contributed by atoms with van der Waals surface area (Å²) in [6, 6.07) is 0. The number of nitrogens with one attached hydrogen (secondary N) is 1. The van der Waals surface area contributed by atoms with Crippen LogP contribution in [0.2, 0.25) is 0 Å². The average molecular weight is 219 g/mol. The van der Waals surface area contributed by atoms with Crippen molar-refractivity contribution in [3.63, 3.8) is 0 Å². The lowest BCUT2D eigenvalue weighted by atomic mass is 10.0. The Morgan fingerprint density at radius 2 is 1.50 bits per heavy atom. The predicted molar refractivity (Wildman–Crippen MR) is 63.4 cm³/mol. The molecule has 0 rings (SSSR count). The smallest absolute Gasteiger partial charge is 0.194 e. The van der Waals surface area contributed by atoms with E-state index in [-0.39, 0.29) is 5.54 Å². The SMILES string of the molecule is CCOC([SiH3])(NC(C)(C)CC)OCC. The lowest BCUT2D eigenvalue weighted by Gasteiger charge is -2.38. The van der Waals surface area contributed by atoms with Gasteiger partial charge < -0.3 is 9.47 Å². The largest absolute Gasteiger partial charge is 0.342 e. The van der Waals surface area contributed by atoms with Crippen molar-refractivity contribution in [2.45, 2.75) is 52.1 Å². The Morgan fingerprint density at radius 1 is 1.07 bits per heavy atom. The second kappa shape index (κ2) is 5.85. The van der Waals surface area contributed by atoms with Crippen molar-refractivity contribution in [1.29, 1.82) is 0 Å². The molecule has 0 saturated heterocycles. The third-order valence-electron chi connectivity index (χ3n) is 2.29. The molecule has 0 aromatic heterocycles. The monoisotopic (exact) mass is 219 g/mol. The van der Waals surface area contributed by atoms with Crippen molar-refractivity contribution in [3.05, 3.63) is 0 Å². The van der Waals surface area contributed by atoms with E-state index in [4.69, 9.17) is 9.47 Å². The molecule has 1 N–H and O–H groups in total. The fraction of sp³-hybridized carbons (Fsp3) is 1.00. The molecule has 0 heterocycles. The van der Waals surface area contributed by atoms with Gasteiger partial charge in [0.2, 0.25) is 0 Å². The molecule has 0 unspecified atom stereocenters. The first kappa shape index (κ1) is 14.1. The van der Waals surface area contributed by atoms with E-state index in [1.807, 2.05) is 13.8 Å². The van der Waals surface area contributed by atoms with Gasteiger partial charge in [-0.3, -0.25) is 5.32 Å². The maximum Gasteiger partial charge on any atom is 0.194 e. The molecule has 14 heavy (non-hydrogen) atoms. The first-order valence-corrected chi connectivity index (χ1v) is 6.46. The molecule has 0 aliphatic carbocycles.